The molecule has 1 saturated heterocycles. The number of aryl methyl sites for hydroxylation is 1. The number of carboxylic acid groups (broad SMARTS) is 1. The van der Waals surface area contributed by atoms with Crippen molar-refractivity contribution in [3.8, 4) is 28.3 Å². The zero-order chi connectivity index (χ0) is 24.2. The molecule has 1 atom stereocenters. The number of hydrogen-bond donors (Lipinski definition) is 1. The van der Waals surface area contributed by atoms with Crippen molar-refractivity contribution in [3.05, 3.63) is 95.9 Å². The number of likely N-dealkylation sites (tertiary alicyclic amines) is 1. The number of carbonyl (C=O) groups is 1. The highest BCUT2D eigenvalue weighted by molar-refractivity contribution is 5.73. The number of rotatable bonds is 8. The molecule has 35 heavy (non-hydrogen) atoms. The second-order valence-electron chi connectivity index (χ2n) is 8.86. The highest BCUT2D eigenvalue weighted by atomic mass is 16.5. The first-order chi connectivity index (χ1) is 17.1. The molecule has 1 aliphatic heterocycles. The highest BCUT2D eigenvalue weighted by Gasteiger charge is 2.30. The fraction of sp³-hybridized carbons (Fsp3) is 0.241. The molecule has 178 valence electrons. The van der Waals surface area contributed by atoms with Crippen molar-refractivity contribution in [2.24, 2.45) is 0 Å². The predicted octanol–water partition coefficient (Wildman–Crippen LogP) is 5.95. The van der Waals surface area contributed by atoms with E-state index >= 15 is 0 Å². The zero-order valence-corrected chi connectivity index (χ0v) is 19.7. The van der Waals surface area contributed by atoms with E-state index in [0.29, 0.717) is 25.5 Å². The number of aromatic nitrogens is 1. The molecule has 1 N–H and O–H groups in total. The lowest BCUT2D eigenvalue weighted by Crippen LogP contribution is -2.35. The largest absolute Gasteiger partial charge is 0.487 e. The van der Waals surface area contributed by atoms with Gasteiger partial charge in [-0.05, 0) is 67.3 Å². The van der Waals surface area contributed by atoms with E-state index in [1.165, 1.54) is 5.56 Å². The Morgan fingerprint density at radius 2 is 1.69 bits per heavy atom. The highest BCUT2D eigenvalue weighted by Crippen LogP contribution is 2.27. The molecule has 5 rings (SSSR count). The van der Waals surface area contributed by atoms with Crippen LogP contribution < -0.4 is 4.74 Å². The van der Waals surface area contributed by atoms with Gasteiger partial charge in [0.1, 0.15) is 29.9 Å². The Bertz CT molecular complexity index is 1280. The smallest absolute Gasteiger partial charge is 0.320 e. The fourth-order valence-electron chi connectivity index (χ4n) is 4.49. The standard InChI is InChI=1S/C29H28N2O4/c1-20-26(30-28(35-20)24-13-11-23(12-14-24)22-6-3-2-4-7-22)19-34-25-15-9-21(10-16-25)18-31-17-5-8-27(31)29(32)33/h2-4,6-7,9-16,27H,5,8,17-19H2,1H3,(H,32,33). The van der Waals surface area contributed by atoms with Gasteiger partial charge in [0, 0.05) is 12.1 Å². The summed E-state index contributed by atoms with van der Waals surface area (Å²) in [5, 5.41) is 9.37. The van der Waals surface area contributed by atoms with Crippen molar-refractivity contribution in [1.82, 2.24) is 9.88 Å². The molecule has 1 aliphatic rings. The molecule has 0 amide bonds. The van der Waals surface area contributed by atoms with Crippen molar-refractivity contribution in [1.29, 1.82) is 0 Å². The number of nitrogens with zero attached hydrogens (tertiary/aromatic N) is 2. The third-order valence-electron chi connectivity index (χ3n) is 6.46. The Morgan fingerprint density at radius 1 is 1.00 bits per heavy atom. The van der Waals surface area contributed by atoms with E-state index in [9.17, 15) is 9.90 Å². The summed E-state index contributed by atoms with van der Waals surface area (Å²) in [5.74, 6) is 1.31. The summed E-state index contributed by atoms with van der Waals surface area (Å²) < 4.78 is 11.9. The Hall–Kier alpha value is -3.90. The lowest BCUT2D eigenvalue weighted by molar-refractivity contribution is -0.142. The van der Waals surface area contributed by atoms with Crippen LogP contribution in [0.15, 0.2) is 83.3 Å². The van der Waals surface area contributed by atoms with Gasteiger partial charge in [0.05, 0.1) is 0 Å². The first-order valence-corrected chi connectivity index (χ1v) is 11.9. The predicted molar refractivity (Wildman–Crippen MR) is 134 cm³/mol. The molecule has 0 bridgehead atoms. The molecule has 0 aliphatic carbocycles. The minimum absolute atomic E-state index is 0.310. The number of oxazole rings is 1. The number of hydrogen-bond acceptors (Lipinski definition) is 5. The summed E-state index contributed by atoms with van der Waals surface area (Å²) in [4.78, 5) is 18.1. The molecule has 6 heteroatoms. The number of aliphatic carboxylic acids is 1. The third-order valence-corrected chi connectivity index (χ3v) is 6.46. The SMILES string of the molecule is Cc1oc(-c2ccc(-c3ccccc3)cc2)nc1COc1ccc(CN2CCCC2C(=O)O)cc1. The molecule has 6 nitrogen and oxygen atoms in total. The molecular formula is C29H28N2O4. The Kier molecular flexibility index (Phi) is 6.64. The fourth-order valence-corrected chi connectivity index (χ4v) is 4.49. The Morgan fingerprint density at radius 3 is 2.40 bits per heavy atom. The van der Waals surface area contributed by atoms with Crippen LogP contribution in [0.2, 0.25) is 0 Å². The van der Waals surface area contributed by atoms with E-state index in [1.807, 2.05) is 66.4 Å². The molecule has 4 aromatic rings. The van der Waals surface area contributed by atoms with Crippen molar-refractivity contribution in [3.63, 3.8) is 0 Å². The molecule has 2 heterocycles. The van der Waals surface area contributed by atoms with E-state index in [4.69, 9.17) is 9.15 Å². The lowest BCUT2D eigenvalue weighted by Gasteiger charge is -2.21. The van der Waals surface area contributed by atoms with E-state index in [2.05, 4.69) is 29.2 Å². The monoisotopic (exact) mass is 468 g/mol. The molecule has 3 aromatic carbocycles. The van der Waals surface area contributed by atoms with Crippen LogP contribution in [0.4, 0.5) is 0 Å². The summed E-state index contributed by atoms with van der Waals surface area (Å²) in [6, 6.07) is 25.9. The quantitative estimate of drug-likeness (QED) is 0.345. The van der Waals surface area contributed by atoms with Gasteiger partial charge in [-0.1, -0.05) is 54.6 Å². The van der Waals surface area contributed by atoms with Crippen molar-refractivity contribution in [2.75, 3.05) is 6.54 Å². The molecule has 0 radical (unpaired) electrons. The van der Waals surface area contributed by atoms with Crippen LogP contribution in [0.5, 0.6) is 5.75 Å². The van der Waals surface area contributed by atoms with Crippen LogP contribution in [0.3, 0.4) is 0 Å². The second-order valence-corrected chi connectivity index (χ2v) is 8.86. The summed E-state index contributed by atoms with van der Waals surface area (Å²) in [7, 11) is 0. The normalized spacial score (nSPS) is 15.9. The number of benzene rings is 3. The average Bonchev–Trinajstić information content (AvgIpc) is 3.51. The average molecular weight is 469 g/mol. The van der Waals surface area contributed by atoms with Crippen molar-refractivity contribution < 1.29 is 19.1 Å². The molecule has 0 spiro atoms. The van der Waals surface area contributed by atoms with Gasteiger partial charge in [-0.2, -0.15) is 0 Å². The van der Waals surface area contributed by atoms with Gasteiger partial charge in [-0.15, -0.1) is 0 Å². The van der Waals surface area contributed by atoms with Crippen LogP contribution in [0.1, 0.15) is 29.9 Å². The van der Waals surface area contributed by atoms with Crippen LogP contribution in [0, 0.1) is 6.92 Å². The molecule has 0 saturated carbocycles. The lowest BCUT2D eigenvalue weighted by atomic mass is 10.0. The van der Waals surface area contributed by atoms with Gasteiger partial charge in [0.2, 0.25) is 5.89 Å². The van der Waals surface area contributed by atoms with E-state index < -0.39 is 5.97 Å². The summed E-state index contributed by atoms with van der Waals surface area (Å²) >= 11 is 0. The Labute approximate surface area is 204 Å². The second kappa shape index (κ2) is 10.2. The van der Waals surface area contributed by atoms with Crippen molar-refractivity contribution >= 4 is 5.97 Å². The maximum Gasteiger partial charge on any atom is 0.320 e. The van der Waals surface area contributed by atoms with Crippen LogP contribution >= 0.6 is 0 Å². The van der Waals surface area contributed by atoms with Gasteiger partial charge in [-0.25, -0.2) is 4.98 Å². The van der Waals surface area contributed by atoms with Crippen LogP contribution in [-0.2, 0) is 17.9 Å². The van der Waals surface area contributed by atoms with Gasteiger partial charge in [0.25, 0.3) is 0 Å². The van der Waals surface area contributed by atoms with Crippen LogP contribution in [0.25, 0.3) is 22.6 Å². The maximum atomic E-state index is 11.4. The minimum atomic E-state index is -0.739. The van der Waals surface area contributed by atoms with Gasteiger partial charge in [-0.3, -0.25) is 9.69 Å². The first kappa shape index (κ1) is 22.9. The van der Waals surface area contributed by atoms with Crippen molar-refractivity contribution in [2.45, 2.75) is 39.0 Å². The number of ether oxygens (including phenoxy) is 1. The Balaban J connectivity index is 1.20. The van der Waals surface area contributed by atoms with Gasteiger partial charge >= 0.3 is 5.97 Å². The summed E-state index contributed by atoms with van der Waals surface area (Å²) in [6.45, 7) is 3.65. The topological polar surface area (TPSA) is 75.8 Å². The van der Waals surface area contributed by atoms with E-state index in [1.54, 1.807) is 0 Å². The molecule has 1 aromatic heterocycles. The first-order valence-electron chi connectivity index (χ1n) is 11.9. The van der Waals surface area contributed by atoms with E-state index in [-0.39, 0.29) is 6.04 Å². The third kappa shape index (κ3) is 5.28. The minimum Gasteiger partial charge on any atom is -0.487 e. The van der Waals surface area contributed by atoms with Gasteiger partial charge in [0.15, 0.2) is 0 Å². The van der Waals surface area contributed by atoms with Crippen LogP contribution in [-0.4, -0.2) is 33.5 Å². The molecule has 1 unspecified atom stereocenters. The summed E-state index contributed by atoms with van der Waals surface area (Å²) in [5.41, 5.74) is 5.07. The molecular weight excluding hydrogens is 440 g/mol. The van der Waals surface area contributed by atoms with E-state index in [0.717, 1.165) is 46.9 Å². The maximum absolute atomic E-state index is 11.4. The summed E-state index contributed by atoms with van der Waals surface area (Å²) in [6.07, 6.45) is 1.64. The number of carboxylic acids is 1. The van der Waals surface area contributed by atoms with Gasteiger partial charge < -0.3 is 14.3 Å². The zero-order valence-electron chi connectivity index (χ0n) is 19.7. The molecule has 1 fully saturated rings.